The van der Waals surface area contributed by atoms with Gasteiger partial charge in [0.2, 0.25) is 5.91 Å². The van der Waals surface area contributed by atoms with E-state index in [1.807, 2.05) is 37.3 Å². The quantitative estimate of drug-likeness (QED) is 0.848. The number of benzene rings is 1. The zero-order chi connectivity index (χ0) is 14.2. The van der Waals surface area contributed by atoms with Gasteiger partial charge in [0.05, 0.1) is 6.61 Å². The first-order valence-electron chi connectivity index (χ1n) is 6.41. The first kappa shape index (κ1) is 13.8. The molecular formula is C16H16N2O2. The van der Waals surface area contributed by atoms with E-state index < -0.39 is 0 Å². The van der Waals surface area contributed by atoms with Gasteiger partial charge in [-0.1, -0.05) is 18.2 Å². The molecule has 20 heavy (non-hydrogen) atoms. The summed E-state index contributed by atoms with van der Waals surface area (Å²) in [5, 5.41) is 2.68. The maximum atomic E-state index is 11.7. The van der Waals surface area contributed by atoms with Crippen LogP contribution in [-0.2, 0) is 4.79 Å². The van der Waals surface area contributed by atoms with E-state index in [1.165, 1.54) is 6.08 Å². The lowest BCUT2D eigenvalue weighted by Crippen LogP contribution is -2.08. The van der Waals surface area contributed by atoms with E-state index >= 15 is 0 Å². The first-order valence-corrected chi connectivity index (χ1v) is 6.41. The highest BCUT2D eigenvalue weighted by Crippen LogP contribution is 2.13. The van der Waals surface area contributed by atoms with Gasteiger partial charge in [0, 0.05) is 12.3 Å². The molecule has 1 heterocycles. The molecule has 0 atom stereocenters. The Hall–Kier alpha value is -2.62. The molecule has 102 valence electrons. The lowest BCUT2D eigenvalue weighted by molar-refractivity contribution is -0.111. The van der Waals surface area contributed by atoms with E-state index in [9.17, 15) is 4.79 Å². The second kappa shape index (κ2) is 7.09. The van der Waals surface area contributed by atoms with Crippen molar-refractivity contribution in [2.24, 2.45) is 0 Å². The van der Waals surface area contributed by atoms with Crippen molar-refractivity contribution in [3.63, 3.8) is 0 Å². The summed E-state index contributed by atoms with van der Waals surface area (Å²) in [6.07, 6.45) is 4.85. The standard InChI is InChI=1S/C16H16N2O2/c1-2-20-14-9-6-13(7-10-14)8-11-16(19)18-15-5-3-4-12-17-15/h3-12H,2H2,1H3,(H,17,18,19)/b11-8+. The van der Waals surface area contributed by atoms with Crippen molar-refractivity contribution in [3.05, 3.63) is 60.3 Å². The summed E-state index contributed by atoms with van der Waals surface area (Å²) in [5.74, 6) is 1.15. The third kappa shape index (κ3) is 4.24. The van der Waals surface area contributed by atoms with Crippen molar-refractivity contribution in [1.29, 1.82) is 0 Å². The summed E-state index contributed by atoms with van der Waals surface area (Å²) in [7, 11) is 0. The molecule has 2 aromatic rings. The molecule has 0 fully saturated rings. The number of carbonyl (C=O) groups is 1. The fourth-order valence-electron chi connectivity index (χ4n) is 1.62. The van der Waals surface area contributed by atoms with E-state index in [0.29, 0.717) is 12.4 Å². The number of amides is 1. The minimum absolute atomic E-state index is 0.211. The van der Waals surface area contributed by atoms with E-state index in [4.69, 9.17) is 4.74 Å². The summed E-state index contributed by atoms with van der Waals surface area (Å²) in [5.41, 5.74) is 0.935. The molecule has 0 aliphatic carbocycles. The minimum Gasteiger partial charge on any atom is -0.494 e. The Kier molecular flexibility index (Phi) is 4.89. The molecule has 0 bridgehead atoms. The second-order valence-electron chi connectivity index (χ2n) is 4.04. The number of pyridine rings is 1. The summed E-state index contributed by atoms with van der Waals surface area (Å²) in [6, 6.07) is 12.9. The average molecular weight is 268 g/mol. The molecule has 2 rings (SSSR count). The number of hydrogen-bond acceptors (Lipinski definition) is 3. The monoisotopic (exact) mass is 268 g/mol. The average Bonchev–Trinajstić information content (AvgIpc) is 2.48. The molecule has 0 aliphatic rings. The van der Waals surface area contributed by atoms with Crippen LogP contribution in [0.2, 0.25) is 0 Å². The summed E-state index contributed by atoms with van der Waals surface area (Å²) >= 11 is 0. The van der Waals surface area contributed by atoms with Gasteiger partial charge in [-0.2, -0.15) is 0 Å². The van der Waals surface area contributed by atoms with Crippen molar-refractivity contribution >= 4 is 17.8 Å². The third-order valence-electron chi connectivity index (χ3n) is 2.53. The highest BCUT2D eigenvalue weighted by atomic mass is 16.5. The smallest absolute Gasteiger partial charge is 0.249 e. The molecule has 0 unspecified atom stereocenters. The number of rotatable bonds is 5. The summed E-state index contributed by atoms with van der Waals surface area (Å²) < 4.78 is 5.35. The zero-order valence-corrected chi connectivity index (χ0v) is 11.2. The van der Waals surface area contributed by atoms with Crippen LogP contribution in [0.5, 0.6) is 5.75 Å². The Morgan fingerprint density at radius 2 is 2.05 bits per heavy atom. The van der Waals surface area contributed by atoms with Crippen molar-refractivity contribution in [3.8, 4) is 5.75 Å². The van der Waals surface area contributed by atoms with Crippen molar-refractivity contribution < 1.29 is 9.53 Å². The SMILES string of the molecule is CCOc1ccc(/C=C/C(=O)Nc2ccccn2)cc1. The molecule has 0 spiro atoms. The maximum absolute atomic E-state index is 11.7. The Morgan fingerprint density at radius 1 is 1.25 bits per heavy atom. The fourth-order valence-corrected chi connectivity index (χ4v) is 1.62. The number of aromatic nitrogens is 1. The van der Waals surface area contributed by atoms with Crippen LogP contribution in [0.25, 0.3) is 6.08 Å². The predicted molar refractivity (Wildman–Crippen MR) is 79.5 cm³/mol. The van der Waals surface area contributed by atoms with Crippen LogP contribution in [-0.4, -0.2) is 17.5 Å². The summed E-state index contributed by atoms with van der Waals surface area (Å²) in [6.45, 7) is 2.58. The molecule has 1 amide bonds. The van der Waals surface area contributed by atoms with E-state index in [2.05, 4.69) is 10.3 Å². The highest BCUT2D eigenvalue weighted by molar-refractivity contribution is 6.01. The van der Waals surface area contributed by atoms with Crippen LogP contribution in [0.1, 0.15) is 12.5 Å². The van der Waals surface area contributed by atoms with Crippen molar-refractivity contribution in [1.82, 2.24) is 4.98 Å². The van der Waals surface area contributed by atoms with Gasteiger partial charge in [-0.15, -0.1) is 0 Å². The summed E-state index contributed by atoms with van der Waals surface area (Å²) in [4.78, 5) is 15.7. The molecule has 0 saturated heterocycles. The van der Waals surface area contributed by atoms with Crippen molar-refractivity contribution in [2.75, 3.05) is 11.9 Å². The van der Waals surface area contributed by atoms with Gasteiger partial charge in [-0.3, -0.25) is 4.79 Å². The lowest BCUT2D eigenvalue weighted by atomic mass is 10.2. The molecule has 1 aromatic heterocycles. The molecule has 0 saturated carbocycles. The van der Waals surface area contributed by atoms with Gasteiger partial charge < -0.3 is 10.1 Å². The molecular weight excluding hydrogens is 252 g/mol. The van der Waals surface area contributed by atoms with Crippen LogP contribution < -0.4 is 10.1 Å². The molecule has 0 aliphatic heterocycles. The van der Waals surface area contributed by atoms with Crippen LogP contribution in [0.15, 0.2) is 54.7 Å². The van der Waals surface area contributed by atoms with Gasteiger partial charge in [0.1, 0.15) is 11.6 Å². The third-order valence-corrected chi connectivity index (χ3v) is 2.53. The Balaban J connectivity index is 1.93. The topological polar surface area (TPSA) is 51.2 Å². The van der Waals surface area contributed by atoms with Gasteiger partial charge in [-0.05, 0) is 42.8 Å². The van der Waals surface area contributed by atoms with Crippen LogP contribution in [0, 0.1) is 0 Å². The molecule has 4 nitrogen and oxygen atoms in total. The Bertz CT molecular complexity index is 577. The number of ether oxygens (including phenoxy) is 1. The number of anilines is 1. The highest BCUT2D eigenvalue weighted by Gasteiger charge is 1.97. The second-order valence-corrected chi connectivity index (χ2v) is 4.04. The largest absolute Gasteiger partial charge is 0.494 e. The molecule has 0 radical (unpaired) electrons. The molecule has 4 heteroatoms. The zero-order valence-electron chi connectivity index (χ0n) is 11.2. The van der Waals surface area contributed by atoms with E-state index in [-0.39, 0.29) is 5.91 Å². The maximum Gasteiger partial charge on any atom is 0.249 e. The van der Waals surface area contributed by atoms with E-state index in [1.54, 1.807) is 24.4 Å². The Labute approximate surface area is 118 Å². The minimum atomic E-state index is -0.211. The molecule has 1 aromatic carbocycles. The van der Waals surface area contributed by atoms with Crippen LogP contribution >= 0.6 is 0 Å². The van der Waals surface area contributed by atoms with Gasteiger partial charge in [-0.25, -0.2) is 4.98 Å². The Morgan fingerprint density at radius 3 is 2.70 bits per heavy atom. The number of nitrogens with one attached hydrogen (secondary N) is 1. The lowest BCUT2D eigenvalue weighted by Gasteiger charge is -2.02. The van der Waals surface area contributed by atoms with Gasteiger partial charge in [0.25, 0.3) is 0 Å². The number of nitrogens with zero attached hydrogens (tertiary/aromatic N) is 1. The van der Waals surface area contributed by atoms with Gasteiger partial charge >= 0.3 is 0 Å². The predicted octanol–water partition coefficient (Wildman–Crippen LogP) is 3.13. The van der Waals surface area contributed by atoms with Crippen LogP contribution in [0.4, 0.5) is 5.82 Å². The number of carbonyl (C=O) groups excluding carboxylic acids is 1. The fraction of sp³-hybridized carbons (Fsp3) is 0.125. The first-order chi connectivity index (χ1) is 9.78. The van der Waals surface area contributed by atoms with Crippen LogP contribution in [0.3, 0.4) is 0 Å². The molecule has 1 N–H and O–H groups in total. The van der Waals surface area contributed by atoms with Crippen molar-refractivity contribution in [2.45, 2.75) is 6.92 Å². The normalized spacial score (nSPS) is 10.4. The van der Waals surface area contributed by atoms with E-state index in [0.717, 1.165) is 11.3 Å². The van der Waals surface area contributed by atoms with Gasteiger partial charge in [0.15, 0.2) is 0 Å². The number of hydrogen-bond donors (Lipinski definition) is 1.